The van der Waals surface area contributed by atoms with Gasteiger partial charge in [0.1, 0.15) is 0 Å². The van der Waals surface area contributed by atoms with Crippen LogP contribution in [0.25, 0.3) is 10.9 Å². The summed E-state index contributed by atoms with van der Waals surface area (Å²) >= 11 is 0. The Hall–Kier alpha value is -1.39. The molecule has 1 aromatic heterocycles. The van der Waals surface area contributed by atoms with Gasteiger partial charge in [-0.15, -0.1) is 0 Å². The number of benzene rings is 1. The van der Waals surface area contributed by atoms with Crippen LogP contribution in [0.3, 0.4) is 0 Å². The minimum absolute atomic E-state index is 0.170. The van der Waals surface area contributed by atoms with Crippen molar-refractivity contribution in [2.45, 2.75) is 43.8 Å². The van der Waals surface area contributed by atoms with E-state index in [0.717, 1.165) is 35.9 Å². The Kier molecular flexibility index (Phi) is 3.52. The van der Waals surface area contributed by atoms with Crippen molar-refractivity contribution >= 4 is 10.9 Å². The standard InChI is InChI=1S/C16H22N2O2/c1-18-15-8-4-3-7-13(15)14(17-18)11-16(19)9-5-6-12(10-16)20-2/h3-4,7-8,12,19H,5-6,9-11H2,1-2H3. The molecule has 1 aliphatic carbocycles. The molecule has 0 aliphatic heterocycles. The zero-order chi connectivity index (χ0) is 14.2. The van der Waals surface area contributed by atoms with Gasteiger partial charge in [0.15, 0.2) is 0 Å². The number of hydrogen-bond acceptors (Lipinski definition) is 3. The summed E-state index contributed by atoms with van der Waals surface area (Å²) in [6.45, 7) is 0. The van der Waals surface area contributed by atoms with Crippen molar-refractivity contribution < 1.29 is 9.84 Å². The van der Waals surface area contributed by atoms with Gasteiger partial charge in [-0.1, -0.05) is 18.2 Å². The number of aromatic nitrogens is 2. The van der Waals surface area contributed by atoms with Gasteiger partial charge >= 0.3 is 0 Å². The first-order valence-electron chi connectivity index (χ1n) is 7.27. The molecule has 20 heavy (non-hydrogen) atoms. The number of aryl methyl sites for hydroxylation is 1. The summed E-state index contributed by atoms with van der Waals surface area (Å²) in [6, 6.07) is 8.19. The molecular weight excluding hydrogens is 252 g/mol. The van der Waals surface area contributed by atoms with Crippen LogP contribution in [0.5, 0.6) is 0 Å². The molecule has 0 amide bonds. The zero-order valence-corrected chi connectivity index (χ0v) is 12.2. The Balaban J connectivity index is 1.89. The van der Waals surface area contributed by atoms with Crippen molar-refractivity contribution in [3.63, 3.8) is 0 Å². The first-order valence-corrected chi connectivity index (χ1v) is 7.27. The van der Waals surface area contributed by atoms with Gasteiger partial charge in [0.25, 0.3) is 0 Å². The van der Waals surface area contributed by atoms with Crippen LogP contribution in [-0.4, -0.2) is 33.7 Å². The normalized spacial score (nSPS) is 27.1. The smallest absolute Gasteiger partial charge is 0.0731 e. The van der Waals surface area contributed by atoms with Gasteiger partial charge in [-0.25, -0.2) is 0 Å². The number of nitrogens with zero attached hydrogens (tertiary/aromatic N) is 2. The molecule has 3 rings (SSSR count). The lowest BCUT2D eigenvalue weighted by Gasteiger charge is -2.35. The lowest BCUT2D eigenvalue weighted by Crippen LogP contribution is -2.40. The second-order valence-corrected chi connectivity index (χ2v) is 5.94. The number of aliphatic hydroxyl groups is 1. The molecule has 4 nitrogen and oxygen atoms in total. The fraction of sp³-hybridized carbons (Fsp3) is 0.562. The van der Waals surface area contributed by atoms with E-state index in [9.17, 15) is 5.11 Å². The van der Waals surface area contributed by atoms with E-state index in [0.29, 0.717) is 12.8 Å². The Morgan fingerprint density at radius 2 is 2.25 bits per heavy atom. The summed E-state index contributed by atoms with van der Waals surface area (Å²) in [5, 5.41) is 16.6. The highest BCUT2D eigenvalue weighted by Crippen LogP contribution is 2.34. The van der Waals surface area contributed by atoms with Gasteiger partial charge in [-0.2, -0.15) is 5.10 Å². The van der Waals surface area contributed by atoms with Crippen LogP contribution in [0, 0.1) is 0 Å². The van der Waals surface area contributed by atoms with E-state index in [-0.39, 0.29) is 6.10 Å². The SMILES string of the molecule is COC1CCCC(O)(Cc2nn(C)c3ccccc23)C1. The van der Waals surface area contributed by atoms with E-state index >= 15 is 0 Å². The number of methoxy groups -OCH3 is 1. The largest absolute Gasteiger partial charge is 0.389 e. The predicted octanol–water partition coefficient (Wildman–Crippen LogP) is 2.44. The van der Waals surface area contributed by atoms with Gasteiger partial charge in [0, 0.05) is 32.4 Å². The van der Waals surface area contributed by atoms with Crippen LogP contribution in [0.4, 0.5) is 0 Å². The van der Waals surface area contributed by atoms with Gasteiger partial charge < -0.3 is 9.84 Å². The summed E-state index contributed by atoms with van der Waals surface area (Å²) in [4.78, 5) is 0. The van der Waals surface area contributed by atoms with E-state index in [2.05, 4.69) is 17.2 Å². The summed E-state index contributed by atoms with van der Waals surface area (Å²) in [7, 11) is 3.68. The highest BCUT2D eigenvalue weighted by atomic mass is 16.5. The molecule has 1 fully saturated rings. The summed E-state index contributed by atoms with van der Waals surface area (Å²) in [5.41, 5.74) is 1.42. The molecule has 1 saturated carbocycles. The minimum atomic E-state index is -0.684. The lowest BCUT2D eigenvalue weighted by molar-refractivity contribution is -0.0585. The van der Waals surface area contributed by atoms with Crippen LogP contribution in [0.15, 0.2) is 24.3 Å². The van der Waals surface area contributed by atoms with Gasteiger partial charge in [-0.3, -0.25) is 4.68 Å². The number of rotatable bonds is 3. The third-order valence-corrected chi connectivity index (χ3v) is 4.44. The first-order chi connectivity index (χ1) is 9.61. The average molecular weight is 274 g/mol. The molecule has 1 aromatic carbocycles. The van der Waals surface area contributed by atoms with Crippen molar-refractivity contribution in [2.75, 3.05) is 7.11 Å². The topological polar surface area (TPSA) is 47.3 Å². The van der Waals surface area contributed by atoms with Crippen LogP contribution in [0.2, 0.25) is 0 Å². The summed E-state index contributed by atoms with van der Waals surface area (Å²) in [5.74, 6) is 0. The number of hydrogen-bond donors (Lipinski definition) is 1. The van der Waals surface area contributed by atoms with Crippen LogP contribution in [-0.2, 0) is 18.2 Å². The molecular formula is C16H22N2O2. The molecule has 2 unspecified atom stereocenters. The second kappa shape index (κ2) is 5.19. The minimum Gasteiger partial charge on any atom is -0.389 e. The van der Waals surface area contributed by atoms with Gasteiger partial charge in [0.05, 0.1) is 22.9 Å². The Morgan fingerprint density at radius 3 is 3.05 bits per heavy atom. The van der Waals surface area contributed by atoms with Crippen molar-refractivity contribution in [3.05, 3.63) is 30.0 Å². The second-order valence-electron chi connectivity index (χ2n) is 5.94. The maximum absolute atomic E-state index is 10.9. The number of ether oxygens (including phenoxy) is 1. The fourth-order valence-corrected chi connectivity index (χ4v) is 3.38. The van der Waals surface area contributed by atoms with Crippen molar-refractivity contribution in [1.82, 2.24) is 9.78 Å². The van der Waals surface area contributed by atoms with Gasteiger partial charge in [-0.05, 0) is 25.3 Å². The quantitative estimate of drug-likeness (QED) is 0.935. The number of fused-ring (bicyclic) bond motifs is 1. The molecule has 1 aliphatic rings. The first kappa shape index (κ1) is 13.6. The zero-order valence-electron chi connectivity index (χ0n) is 12.2. The van der Waals surface area contributed by atoms with Crippen molar-refractivity contribution in [3.8, 4) is 0 Å². The molecule has 1 heterocycles. The van der Waals surface area contributed by atoms with Gasteiger partial charge in [0.2, 0.25) is 0 Å². The van der Waals surface area contributed by atoms with Crippen LogP contribution in [0.1, 0.15) is 31.4 Å². The van der Waals surface area contributed by atoms with Crippen LogP contribution >= 0.6 is 0 Å². The van der Waals surface area contributed by atoms with Crippen molar-refractivity contribution in [1.29, 1.82) is 0 Å². The molecule has 0 saturated heterocycles. The average Bonchev–Trinajstić information content (AvgIpc) is 2.75. The molecule has 108 valence electrons. The fourth-order valence-electron chi connectivity index (χ4n) is 3.38. The van der Waals surface area contributed by atoms with E-state index in [1.807, 2.05) is 23.9 Å². The van der Waals surface area contributed by atoms with Crippen LogP contribution < -0.4 is 0 Å². The third-order valence-electron chi connectivity index (χ3n) is 4.44. The molecule has 0 spiro atoms. The summed E-state index contributed by atoms with van der Waals surface area (Å²) in [6.07, 6.45) is 4.37. The van der Waals surface area contributed by atoms with E-state index in [1.54, 1.807) is 7.11 Å². The van der Waals surface area contributed by atoms with E-state index < -0.39 is 5.60 Å². The van der Waals surface area contributed by atoms with Crippen molar-refractivity contribution in [2.24, 2.45) is 7.05 Å². The predicted molar refractivity (Wildman–Crippen MR) is 78.6 cm³/mol. The molecule has 1 N–H and O–H groups in total. The number of para-hydroxylation sites is 1. The maximum atomic E-state index is 10.9. The summed E-state index contributed by atoms with van der Waals surface area (Å²) < 4.78 is 7.32. The molecule has 2 atom stereocenters. The lowest BCUT2D eigenvalue weighted by atomic mass is 9.80. The maximum Gasteiger partial charge on any atom is 0.0731 e. The third kappa shape index (κ3) is 2.45. The highest BCUT2D eigenvalue weighted by molar-refractivity contribution is 5.81. The van der Waals surface area contributed by atoms with E-state index in [1.165, 1.54) is 0 Å². The Bertz CT molecular complexity index is 608. The molecule has 0 bridgehead atoms. The Labute approximate surface area is 119 Å². The highest BCUT2D eigenvalue weighted by Gasteiger charge is 2.35. The molecule has 0 radical (unpaired) electrons. The monoisotopic (exact) mass is 274 g/mol. The Morgan fingerprint density at radius 1 is 1.45 bits per heavy atom. The molecule has 4 heteroatoms. The van der Waals surface area contributed by atoms with E-state index in [4.69, 9.17) is 4.74 Å². The molecule has 2 aromatic rings.